The minimum atomic E-state index is -0.390. The highest BCUT2D eigenvalue weighted by Gasteiger charge is 2.07. The number of carbonyl (C=O) groups excluding carboxylic acids is 1. The van der Waals surface area contributed by atoms with Crippen molar-refractivity contribution in [3.05, 3.63) is 54.2 Å². The lowest BCUT2D eigenvalue weighted by atomic mass is 10.1. The molecule has 3 rings (SSSR count). The Kier molecular flexibility index (Phi) is 3.17. The molecule has 0 aliphatic heterocycles. The molecule has 1 aromatic carbocycles. The number of nitrogens with zero attached hydrogens (tertiary/aromatic N) is 2. The highest BCUT2D eigenvalue weighted by atomic mass is 19.1. The Morgan fingerprint density at radius 2 is 2.05 bits per heavy atom. The molecule has 2 heterocycles. The predicted molar refractivity (Wildman–Crippen MR) is 79.6 cm³/mol. The van der Waals surface area contributed by atoms with E-state index < -0.39 is 5.82 Å². The fourth-order valence-electron chi connectivity index (χ4n) is 2.30. The second-order valence-corrected chi connectivity index (χ2v) is 4.96. The Bertz CT molecular complexity index is 839. The van der Waals surface area contributed by atoms with Gasteiger partial charge in [-0.05, 0) is 48.4 Å². The number of benzene rings is 1. The minimum absolute atomic E-state index is 0.229. The van der Waals surface area contributed by atoms with Gasteiger partial charge in [-0.1, -0.05) is 0 Å². The van der Waals surface area contributed by atoms with Crippen LogP contribution in [0.25, 0.3) is 16.8 Å². The summed E-state index contributed by atoms with van der Waals surface area (Å²) in [6.45, 7) is 3.35. The molecular weight excluding hydrogens is 269 g/mol. The normalized spacial score (nSPS) is 10.8. The van der Waals surface area contributed by atoms with Crippen LogP contribution in [0.5, 0.6) is 0 Å². The van der Waals surface area contributed by atoms with E-state index in [1.807, 2.05) is 29.7 Å². The smallest absolute Gasteiger partial charge is 0.221 e. The monoisotopic (exact) mass is 283 g/mol. The molecule has 1 amide bonds. The third kappa shape index (κ3) is 2.63. The molecule has 0 bridgehead atoms. The van der Waals surface area contributed by atoms with Crippen molar-refractivity contribution in [2.75, 3.05) is 5.32 Å². The number of aromatic nitrogens is 2. The van der Waals surface area contributed by atoms with Gasteiger partial charge in [-0.25, -0.2) is 9.37 Å². The van der Waals surface area contributed by atoms with E-state index >= 15 is 0 Å². The van der Waals surface area contributed by atoms with Crippen LogP contribution < -0.4 is 5.32 Å². The number of rotatable bonds is 2. The zero-order chi connectivity index (χ0) is 15.0. The molecule has 0 saturated carbocycles. The molecule has 0 spiro atoms. The fraction of sp³-hybridized carbons (Fsp3) is 0.125. The quantitative estimate of drug-likeness (QED) is 0.783. The SMILES string of the molecule is CC(=O)Nc1cc(F)cc(-c2ccc3ncc(C)n3c2)c1. The van der Waals surface area contributed by atoms with E-state index in [0.717, 1.165) is 16.9 Å². The van der Waals surface area contributed by atoms with E-state index in [1.54, 1.807) is 12.3 Å². The Balaban J connectivity index is 2.10. The lowest BCUT2D eigenvalue weighted by Crippen LogP contribution is -2.06. The van der Waals surface area contributed by atoms with Crippen molar-refractivity contribution in [1.82, 2.24) is 9.38 Å². The molecule has 2 aromatic heterocycles. The molecule has 3 aromatic rings. The number of fused-ring (bicyclic) bond motifs is 1. The van der Waals surface area contributed by atoms with Gasteiger partial charge in [0.1, 0.15) is 11.5 Å². The summed E-state index contributed by atoms with van der Waals surface area (Å²) >= 11 is 0. The molecule has 0 atom stereocenters. The Morgan fingerprint density at radius 1 is 1.24 bits per heavy atom. The van der Waals surface area contributed by atoms with E-state index in [-0.39, 0.29) is 5.91 Å². The summed E-state index contributed by atoms with van der Waals surface area (Å²) in [5, 5.41) is 2.60. The lowest BCUT2D eigenvalue weighted by Gasteiger charge is -2.08. The van der Waals surface area contributed by atoms with Crippen LogP contribution >= 0.6 is 0 Å². The molecule has 4 nitrogen and oxygen atoms in total. The first-order chi connectivity index (χ1) is 10.0. The number of anilines is 1. The van der Waals surface area contributed by atoms with Crippen LogP contribution in [0.3, 0.4) is 0 Å². The molecule has 1 N–H and O–H groups in total. The first kappa shape index (κ1) is 13.3. The first-order valence-electron chi connectivity index (χ1n) is 6.55. The summed E-state index contributed by atoms with van der Waals surface area (Å²) in [6.07, 6.45) is 3.69. The number of halogens is 1. The number of aryl methyl sites for hydroxylation is 1. The number of pyridine rings is 1. The van der Waals surface area contributed by atoms with Crippen molar-refractivity contribution in [3.63, 3.8) is 0 Å². The van der Waals surface area contributed by atoms with Gasteiger partial charge in [0, 0.05) is 30.7 Å². The van der Waals surface area contributed by atoms with Gasteiger partial charge in [0.25, 0.3) is 0 Å². The van der Waals surface area contributed by atoms with Crippen molar-refractivity contribution < 1.29 is 9.18 Å². The first-order valence-corrected chi connectivity index (χ1v) is 6.55. The van der Waals surface area contributed by atoms with Crippen LogP contribution in [0.1, 0.15) is 12.6 Å². The average molecular weight is 283 g/mol. The number of amides is 1. The topological polar surface area (TPSA) is 46.4 Å². The molecule has 0 saturated heterocycles. The summed E-state index contributed by atoms with van der Waals surface area (Å²) < 4.78 is 15.7. The van der Waals surface area contributed by atoms with Gasteiger partial charge >= 0.3 is 0 Å². The van der Waals surface area contributed by atoms with Crippen molar-refractivity contribution >= 4 is 17.2 Å². The van der Waals surface area contributed by atoms with Gasteiger partial charge in [0.2, 0.25) is 5.91 Å². The maximum Gasteiger partial charge on any atom is 0.221 e. The van der Waals surface area contributed by atoms with Crippen LogP contribution in [0.4, 0.5) is 10.1 Å². The maximum atomic E-state index is 13.7. The van der Waals surface area contributed by atoms with E-state index in [4.69, 9.17) is 0 Å². The second-order valence-electron chi connectivity index (χ2n) is 4.96. The number of hydrogen-bond acceptors (Lipinski definition) is 2. The van der Waals surface area contributed by atoms with E-state index in [2.05, 4.69) is 10.3 Å². The van der Waals surface area contributed by atoms with Crippen LogP contribution in [0.15, 0.2) is 42.7 Å². The van der Waals surface area contributed by atoms with E-state index in [9.17, 15) is 9.18 Å². The highest BCUT2D eigenvalue weighted by Crippen LogP contribution is 2.25. The molecule has 0 aliphatic rings. The largest absolute Gasteiger partial charge is 0.326 e. The van der Waals surface area contributed by atoms with Crippen molar-refractivity contribution in [2.24, 2.45) is 0 Å². The van der Waals surface area contributed by atoms with Gasteiger partial charge in [-0.3, -0.25) is 4.79 Å². The zero-order valence-corrected chi connectivity index (χ0v) is 11.7. The van der Waals surface area contributed by atoms with Crippen LogP contribution in [0.2, 0.25) is 0 Å². The molecule has 0 radical (unpaired) electrons. The third-order valence-corrected chi connectivity index (χ3v) is 3.24. The number of imidazole rings is 1. The van der Waals surface area contributed by atoms with Gasteiger partial charge < -0.3 is 9.72 Å². The Hall–Kier alpha value is -2.69. The van der Waals surface area contributed by atoms with Crippen molar-refractivity contribution in [3.8, 4) is 11.1 Å². The summed E-state index contributed by atoms with van der Waals surface area (Å²) in [5.74, 6) is -0.619. The van der Waals surface area contributed by atoms with Crippen LogP contribution in [-0.2, 0) is 4.79 Å². The molecule has 0 aliphatic carbocycles. The maximum absolute atomic E-state index is 13.7. The number of hydrogen-bond donors (Lipinski definition) is 1. The van der Waals surface area contributed by atoms with Crippen molar-refractivity contribution in [1.29, 1.82) is 0 Å². The van der Waals surface area contributed by atoms with Crippen molar-refractivity contribution in [2.45, 2.75) is 13.8 Å². The Morgan fingerprint density at radius 3 is 2.81 bits per heavy atom. The van der Waals surface area contributed by atoms with Crippen LogP contribution in [0, 0.1) is 12.7 Å². The zero-order valence-electron chi connectivity index (χ0n) is 11.7. The standard InChI is InChI=1S/C16H14FN3O/c1-10-8-18-16-4-3-12(9-20(10)16)13-5-14(17)7-15(6-13)19-11(2)21/h3-9H,1-2H3,(H,19,21). The molecular formula is C16H14FN3O. The predicted octanol–water partition coefficient (Wildman–Crippen LogP) is 3.41. The summed E-state index contributed by atoms with van der Waals surface area (Å²) in [6, 6.07) is 8.25. The lowest BCUT2D eigenvalue weighted by molar-refractivity contribution is -0.114. The fourth-order valence-corrected chi connectivity index (χ4v) is 2.30. The third-order valence-electron chi connectivity index (χ3n) is 3.24. The minimum Gasteiger partial charge on any atom is -0.326 e. The van der Waals surface area contributed by atoms with Gasteiger partial charge in [-0.2, -0.15) is 0 Å². The number of carbonyl (C=O) groups is 1. The molecule has 5 heteroatoms. The summed E-state index contributed by atoms with van der Waals surface area (Å²) in [4.78, 5) is 15.4. The summed E-state index contributed by atoms with van der Waals surface area (Å²) in [7, 11) is 0. The summed E-state index contributed by atoms with van der Waals surface area (Å²) in [5.41, 5.74) is 3.85. The van der Waals surface area contributed by atoms with Gasteiger partial charge in [0.15, 0.2) is 0 Å². The highest BCUT2D eigenvalue weighted by molar-refractivity contribution is 5.89. The van der Waals surface area contributed by atoms with E-state index in [0.29, 0.717) is 11.3 Å². The van der Waals surface area contributed by atoms with Gasteiger partial charge in [0.05, 0.1) is 0 Å². The number of nitrogens with one attached hydrogen (secondary N) is 1. The van der Waals surface area contributed by atoms with E-state index in [1.165, 1.54) is 19.1 Å². The van der Waals surface area contributed by atoms with Gasteiger partial charge in [-0.15, -0.1) is 0 Å². The molecule has 0 unspecified atom stereocenters. The second kappa shape index (κ2) is 5.01. The molecule has 106 valence electrons. The molecule has 0 fully saturated rings. The average Bonchev–Trinajstić information content (AvgIpc) is 2.78. The van der Waals surface area contributed by atoms with Crippen LogP contribution in [-0.4, -0.2) is 15.3 Å². The Labute approximate surface area is 121 Å². The molecule has 21 heavy (non-hydrogen) atoms.